The fraction of sp³-hybridized carbons (Fsp3) is 0.300. The van der Waals surface area contributed by atoms with Gasteiger partial charge in [0.1, 0.15) is 11.5 Å². The lowest BCUT2D eigenvalue weighted by Crippen LogP contribution is -2.22. The van der Waals surface area contributed by atoms with E-state index in [1.807, 2.05) is 0 Å². The summed E-state index contributed by atoms with van der Waals surface area (Å²) in [6, 6.07) is 4.08. The summed E-state index contributed by atoms with van der Waals surface area (Å²) in [7, 11) is 1.41. The Kier molecular flexibility index (Phi) is 4.65. The van der Waals surface area contributed by atoms with Crippen molar-refractivity contribution in [2.75, 3.05) is 19.0 Å². The predicted molar refractivity (Wildman–Crippen MR) is 57.3 cm³/mol. The van der Waals surface area contributed by atoms with Crippen molar-refractivity contribution in [2.24, 2.45) is 5.73 Å². The van der Waals surface area contributed by atoms with Crippen LogP contribution in [-0.2, 0) is 4.79 Å². The number of anilines is 1. The first kappa shape index (κ1) is 13.2. The van der Waals surface area contributed by atoms with Crippen molar-refractivity contribution in [2.45, 2.75) is 6.61 Å². The first-order valence-corrected chi connectivity index (χ1v) is 4.69. The number of methoxy groups -OCH3 is 1. The van der Waals surface area contributed by atoms with Crippen LogP contribution in [-0.4, -0.2) is 26.2 Å². The number of benzene rings is 1. The molecule has 7 heteroatoms. The largest absolute Gasteiger partial charge is 0.497 e. The highest BCUT2D eigenvalue weighted by Gasteiger charge is 2.12. The minimum absolute atomic E-state index is 0.0834. The molecule has 3 N–H and O–H groups in total. The number of carbonyl (C=O) groups is 1. The SMILES string of the molecule is COc1ccc(OC(F)F)c(NC(=O)CN)c1. The predicted octanol–water partition coefficient (Wildman–Crippen LogP) is 1.19. The Morgan fingerprint density at radius 1 is 1.53 bits per heavy atom. The normalized spacial score (nSPS) is 10.2. The monoisotopic (exact) mass is 246 g/mol. The van der Waals surface area contributed by atoms with Crippen LogP contribution in [0, 0.1) is 0 Å². The van der Waals surface area contributed by atoms with Crippen molar-refractivity contribution in [3.05, 3.63) is 18.2 Å². The van der Waals surface area contributed by atoms with Crippen LogP contribution in [0.15, 0.2) is 18.2 Å². The van der Waals surface area contributed by atoms with Gasteiger partial charge in [-0.2, -0.15) is 8.78 Å². The molecule has 0 aliphatic rings. The summed E-state index contributed by atoms with van der Waals surface area (Å²) < 4.78 is 33.4. The molecule has 0 saturated heterocycles. The van der Waals surface area contributed by atoms with Gasteiger partial charge in [-0.05, 0) is 12.1 Å². The summed E-state index contributed by atoms with van der Waals surface area (Å²) >= 11 is 0. The molecule has 0 heterocycles. The van der Waals surface area contributed by atoms with E-state index in [4.69, 9.17) is 10.5 Å². The van der Waals surface area contributed by atoms with Crippen molar-refractivity contribution in [3.63, 3.8) is 0 Å². The Hall–Kier alpha value is -1.89. The van der Waals surface area contributed by atoms with Crippen LogP contribution in [0.1, 0.15) is 0 Å². The molecule has 1 aromatic rings. The Bertz CT molecular complexity index is 399. The molecule has 0 spiro atoms. The van der Waals surface area contributed by atoms with E-state index in [9.17, 15) is 13.6 Å². The second kappa shape index (κ2) is 6.00. The third-order valence-corrected chi connectivity index (χ3v) is 1.86. The smallest absolute Gasteiger partial charge is 0.387 e. The van der Waals surface area contributed by atoms with Gasteiger partial charge in [0.2, 0.25) is 5.91 Å². The van der Waals surface area contributed by atoms with Crippen LogP contribution in [0.4, 0.5) is 14.5 Å². The van der Waals surface area contributed by atoms with Crippen LogP contribution >= 0.6 is 0 Å². The highest BCUT2D eigenvalue weighted by atomic mass is 19.3. The van der Waals surface area contributed by atoms with Gasteiger partial charge in [0.15, 0.2) is 0 Å². The molecule has 0 fully saturated rings. The summed E-state index contributed by atoms with van der Waals surface area (Å²) in [6.07, 6.45) is 0. The minimum Gasteiger partial charge on any atom is -0.497 e. The van der Waals surface area contributed by atoms with Crippen molar-refractivity contribution in [1.82, 2.24) is 0 Å². The number of carbonyl (C=O) groups excluding carboxylic acids is 1. The molecule has 0 radical (unpaired) electrons. The van der Waals surface area contributed by atoms with Gasteiger partial charge in [-0.15, -0.1) is 0 Å². The third kappa shape index (κ3) is 3.87. The maximum Gasteiger partial charge on any atom is 0.387 e. The zero-order chi connectivity index (χ0) is 12.8. The van der Waals surface area contributed by atoms with Gasteiger partial charge >= 0.3 is 6.61 Å². The van der Waals surface area contributed by atoms with Gasteiger partial charge < -0.3 is 20.5 Å². The molecule has 94 valence electrons. The number of amides is 1. The second-order valence-electron chi connectivity index (χ2n) is 2.99. The van der Waals surface area contributed by atoms with Crippen molar-refractivity contribution in [1.29, 1.82) is 0 Å². The van der Waals surface area contributed by atoms with E-state index in [0.717, 1.165) is 0 Å². The maximum atomic E-state index is 12.1. The van der Waals surface area contributed by atoms with Gasteiger partial charge in [0.05, 0.1) is 19.3 Å². The first-order valence-electron chi connectivity index (χ1n) is 4.69. The molecule has 0 atom stereocenters. The molecule has 1 rings (SSSR count). The van der Waals surface area contributed by atoms with Crippen molar-refractivity contribution >= 4 is 11.6 Å². The van der Waals surface area contributed by atoms with E-state index >= 15 is 0 Å². The van der Waals surface area contributed by atoms with Gasteiger partial charge in [-0.1, -0.05) is 0 Å². The molecule has 0 unspecified atom stereocenters. The van der Waals surface area contributed by atoms with Gasteiger partial charge in [-0.25, -0.2) is 0 Å². The summed E-state index contributed by atoms with van der Waals surface area (Å²) in [4.78, 5) is 11.1. The Morgan fingerprint density at radius 2 is 2.24 bits per heavy atom. The molecular formula is C10H12F2N2O3. The lowest BCUT2D eigenvalue weighted by Gasteiger charge is -2.12. The van der Waals surface area contributed by atoms with Gasteiger partial charge in [0, 0.05) is 6.07 Å². The van der Waals surface area contributed by atoms with E-state index < -0.39 is 12.5 Å². The second-order valence-corrected chi connectivity index (χ2v) is 2.99. The maximum absolute atomic E-state index is 12.1. The van der Waals surface area contributed by atoms with Crippen molar-refractivity contribution in [3.8, 4) is 11.5 Å². The number of ether oxygens (including phenoxy) is 2. The zero-order valence-corrected chi connectivity index (χ0v) is 9.07. The molecule has 1 aromatic carbocycles. The molecule has 5 nitrogen and oxygen atoms in total. The summed E-state index contributed by atoms with van der Waals surface area (Å²) in [5, 5.41) is 2.34. The molecule has 0 aliphatic heterocycles. The lowest BCUT2D eigenvalue weighted by molar-refractivity contribution is -0.115. The topological polar surface area (TPSA) is 73.6 Å². The zero-order valence-electron chi connectivity index (χ0n) is 9.07. The molecule has 0 aliphatic carbocycles. The highest BCUT2D eigenvalue weighted by Crippen LogP contribution is 2.30. The number of halogens is 2. The molecule has 0 saturated carbocycles. The summed E-state index contributed by atoms with van der Waals surface area (Å²) in [6.45, 7) is -3.23. The average Bonchev–Trinajstić information content (AvgIpc) is 2.30. The fourth-order valence-corrected chi connectivity index (χ4v) is 1.13. The van der Waals surface area contributed by atoms with Gasteiger partial charge in [0.25, 0.3) is 0 Å². The quantitative estimate of drug-likeness (QED) is 0.818. The summed E-state index contributed by atoms with van der Waals surface area (Å²) in [5.74, 6) is -0.265. The van der Waals surface area contributed by atoms with E-state index in [0.29, 0.717) is 5.75 Å². The number of alkyl halides is 2. The van der Waals surface area contributed by atoms with Crippen LogP contribution in [0.25, 0.3) is 0 Å². The molecule has 17 heavy (non-hydrogen) atoms. The number of hydrogen-bond donors (Lipinski definition) is 2. The van der Waals surface area contributed by atoms with E-state index in [1.54, 1.807) is 0 Å². The van der Waals surface area contributed by atoms with E-state index in [1.165, 1.54) is 25.3 Å². The molecule has 0 aromatic heterocycles. The fourth-order valence-electron chi connectivity index (χ4n) is 1.13. The number of hydrogen-bond acceptors (Lipinski definition) is 4. The first-order chi connectivity index (χ1) is 8.06. The van der Waals surface area contributed by atoms with Crippen LogP contribution < -0.4 is 20.5 Å². The van der Waals surface area contributed by atoms with Crippen LogP contribution in [0.2, 0.25) is 0 Å². The van der Waals surface area contributed by atoms with Crippen molar-refractivity contribution < 1.29 is 23.0 Å². The third-order valence-electron chi connectivity index (χ3n) is 1.86. The number of nitrogens with two attached hydrogens (primary N) is 1. The average molecular weight is 246 g/mol. The highest BCUT2D eigenvalue weighted by molar-refractivity contribution is 5.93. The Balaban J connectivity index is 2.98. The van der Waals surface area contributed by atoms with Crippen LogP contribution in [0.5, 0.6) is 11.5 Å². The van der Waals surface area contributed by atoms with Crippen LogP contribution in [0.3, 0.4) is 0 Å². The standard InChI is InChI=1S/C10H12F2N2O3/c1-16-6-2-3-8(17-10(11)12)7(4-6)14-9(15)5-13/h2-4,10H,5,13H2,1H3,(H,14,15). The minimum atomic E-state index is -2.98. The van der Waals surface area contributed by atoms with Gasteiger partial charge in [-0.3, -0.25) is 4.79 Å². The summed E-state index contributed by atoms with van der Waals surface area (Å²) in [5.41, 5.74) is 5.19. The lowest BCUT2D eigenvalue weighted by atomic mass is 10.2. The number of rotatable bonds is 5. The number of nitrogens with one attached hydrogen (secondary N) is 1. The Labute approximate surface area is 96.5 Å². The van der Waals surface area contributed by atoms with E-state index in [2.05, 4.69) is 10.1 Å². The molecule has 0 bridgehead atoms. The molecule has 1 amide bonds. The van der Waals surface area contributed by atoms with E-state index in [-0.39, 0.29) is 18.0 Å². The Morgan fingerprint density at radius 3 is 2.76 bits per heavy atom. The molecular weight excluding hydrogens is 234 g/mol.